The molecule has 1 unspecified atom stereocenters. The third kappa shape index (κ3) is 4.83. The molecule has 0 radical (unpaired) electrons. The van der Waals surface area contributed by atoms with Gasteiger partial charge in [0.05, 0.1) is 19.3 Å². The number of amides is 1. The number of aryl methyl sites for hydroxylation is 1. The molecule has 0 spiro atoms. The second kappa shape index (κ2) is 9.88. The van der Waals surface area contributed by atoms with Crippen LogP contribution in [0.25, 0.3) is 0 Å². The molecule has 1 fully saturated rings. The van der Waals surface area contributed by atoms with E-state index >= 15 is 0 Å². The van der Waals surface area contributed by atoms with E-state index in [1.807, 2.05) is 30.3 Å². The number of halogens is 1. The highest BCUT2D eigenvalue weighted by Gasteiger charge is 2.28. The predicted molar refractivity (Wildman–Crippen MR) is 126 cm³/mol. The van der Waals surface area contributed by atoms with Crippen LogP contribution >= 0.6 is 27.3 Å². The molecular formula is C24H25BrN2O2S. The quantitative estimate of drug-likeness (QED) is 0.484. The number of nitrogens with one attached hydrogen (secondary N) is 1. The Morgan fingerprint density at radius 3 is 2.50 bits per heavy atom. The normalized spacial score (nSPS) is 15.7. The van der Waals surface area contributed by atoms with E-state index in [0.717, 1.165) is 47.8 Å². The number of hydrogen-bond donors (Lipinski definition) is 1. The molecule has 0 saturated carbocycles. The van der Waals surface area contributed by atoms with Crippen molar-refractivity contribution in [2.24, 2.45) is 0 Å². The van der Waals surface area contributed by atoms with Crippen molar-refractivity contribution in [1.82, 2.24) is 4.90 Å². The highest BCUT2D eigenvalue weighted by atomic mass is 79.9. The summed E-state index contributed by atoms with van der Waals surface area (Å²) < 4.78 is 6.66. The minimum atomic E-state index is -0.0714. The maximum Gasteiger partial charge on any atom is 0.256 e. The zero-order chi connectivity index (χ0) is 20.9. The van der Waals surface area contributed by atoms with Crippen molar-refractivity contribution in [2.45, 2.75) is 19.4 Å². The van der Waals surface area contributed by atoms with Crippen molar-refractivity contribution in [3.63, 3.8) is 0 Å². The number of hydrogen-bond acceptors (Lipinski definition) is 4. The summed E-state index contributed by atoms with van der Waals surface area (Å²) in [7, 11) is 0. The van der Waals surface area contributed by atoms with E-state index < -0.39 is 0 Å². The molecule has 3 aromatic rings. The number of carbonyl (C=O) groups is 1. The van der Waals surface area contributed by atoms with Gasteiger partial charge >= 0.3 is 0 Å². The lowest BCUT2D eigenvalue weighted by Gasteiger charge is -2.35. The summed E-state index contributed by atoms with van der Waals surface area (Å²) in [6, 6.07) is 20.2. The number of ether oxygens (including phenoxy) is 1. The van der Waals surface area contributed by atoms with Gasteiger partial charge in [0.2, 0.25) is 0 Å². The minimum Gasteiger partial charge on any atom is -0.379 e. The summed E-state index contributed by atoms with van der Waals surface area (Å²) in [5, 5.41) is 4.13. The Kier molecular flexibility index (Phi) is 7.00. The van der Waals surface area contributed by atoms with Gasteiger partial charge in [-0.1, -0.05) is 53.2 Å². The molecule has 1 aliphatic heterocycles. The molecule has 4 nitrogen and oxygen atoms in total. The first-order chi connectivity index (χ1) is 14.7. The van der Waals surface area contributed by atoms with E-state index in [4.69, 9.17) is 4.74 Å². The number of morpholine rings is 1. The smallest absolute Gasteiger partial charge is 0.256 e. The van der Waals surface area contributed by atoms with E-state index in [2.05, 4.69) is 63.4 Å². The molecule has 6 heteroatoms. The molecule has 2 heterocycles. The van der Waals surface area contributed by atoms with Crippen LogP contribution in [0.15, 0.2) is 65.1 Å². The molecule has 0 bridgehead atoms. The lowest BCUT2D eigenvalue weighted by atomic mass is 9.97. The monoisotopic (exact) mass is 484 g/mol. The van der Waals surface area contributed by atoms with Gasteiger partial charge in [-0.15, -0.1) is 11.3 Å². The first-order valence-electron chi connectivity index (χ1n) is 10.2. The highest BCUT2D eigenvalue weighted by Crippen LogP contribution is 2.40. The van der Waals surface area contributed by atoms with Crippen molar-refractivity contribution in [3.8, 4) is 0 Å². The van der Waals surface area contributed by atoms with E-state index in [-0.39, 0.29) is 11.9 Å². The van der Waals surface area contributed by atoms with Gasteiger partial charge in [0.15, 0.2) is 0 Å². The fraction of sp³-hybridized carbons (Fsp3) is 0.292. The Bertz CT molecular complexity index is 982. The zero-order valence-electron chi connectivity index (χ0n) is 16.9. The maximum atomic E-state index is 12.9. The third-order valence-electron chi connectivity index (χ3n) is 5.31. The van der Waals surface area contributed by atoms with Crippen molar-refractivity contribution in [2.75, 3.05) is 31.6 Å². The zero-order valence-corrected chi connectivity index (χ0v) is 19.3. The number of rotatable bonds is 6. The number of benzene rings is 2. The number of carbonyl (C=O) groups excluding carboxylic acids is 1. The van der Waals surface area contributed by atoms with Gasteiger partial charge in [0, 0.05) is 33.6 Å². The van der Waals surface area contributed by atoms with Gasteiger partial charge in [-0.2, -0.15) is 0 Å². The Hall–Kier alpha value is -1.99. The molecule has 30 heavy (non-hydrogen) atoms. The minimum absolute atomic E-state index is 0.0714. The predicted octanol–water partition coefficient (Wildman–Crippen LogP) is 5.75. The number of thiophene rings is 1. The summed E-state index contributed by atoms with van der Waals surface area (Å²) in [6.07, 6.45) is 0.940. The van der Waals surface area contributed by atoms with Crippen LogP contribution < -0.4 is 5.32 Å². The van der Waals surface area contributed by atoms with Crippen LogP contribution in [-0.2, 0) is 11.2 Å². The Morgan fingerprint density at radius 1 is 1.13 bits per heavy atom. The molecule has 1 amide bonds. The first-order valence-corrected chi connectivity index (χ1v) is 11.8. The largest absolute Gasteiger partial charge is 0.379 e. The molecule has 0 aliphatic carbocycles. The van der Waals surface area contributed by atoms with Gasteiger partial charge < -0.3 is 10.1 Å². The van der Waals surface area contributed by atoms with E-state index in [1.165, 1.54) is 10.4 Å². The molecule has 1 aromatic heterocycles. The van der Waals surface area contributed by atoms with Crippen LogP contribution in [0.4, 0.5) is 5.00 Å². The topological polar surface area (TPSA) is 41.6 Å². The molecule has 1 N–H and O–H groups in total. The standard InChI is InChI=1S/C24H25BrN2O2S/c1-2-20-16-21(24(30-20)26-23(28)18-6-4-3-5-7-18)22(27-12-14-29-15-13-27)17-8-10-19(25)11-9-17/h3-11,16,22H,2,12-15H2,1H3,(H,26,28). The molecule has 156 valence electrons. The van der Waals surface area contributed by atoms with Gasteiger partial charge in [-0.25, -0.2) is 0 Å². The highest BCUT2D eigenvalue weighted by molar-refractivity contribution is 9.10. The van der Waals surface area contributed by atoms with Crippen molar-refractivity contribution < 1.29 is 9.53 Å². The van der Waals surface area contributed by atoms with Gasteiger partial charge in [-0.05, 0) is 42.3 Å². The first kappa shape index (κ1) is 21.2. The molecule has 4 rings (SSSR count). The molecule has 2 aromatic carbocycles. The van der Waals surface area contributed by atoms with Crippen molar-refractivity contribution in [3.05, 3.63) is 86.7 Å². The van der Waals surface area contributed by atoms with Gasteiger partial charge in [0.1, 0.15) is 5.00 Å². The number of nitrogens with zero attached hydrogens (tertiary/aromatic N) is 1. The average molecular weight is 485 g/mol. The van der Waals surface area contributed by atoms with Crippen molar-refractivity contribution >= 4 is 38.2 Å². The van der Waals surface area contributed by atoms with Crippen LogP contribution in [0.5, 0.6) is 0 Å². The third-order valence-corrected chi connectivity index (χ3v) is 7.05. The van der Waals surface area contributed by atoms with Crippen LogP contribution in [0.3, 0.4) is 0 Å². The fourth-order valence-electron chi connectivity index (χ4n) is 3.77. The summed E-state index contributed by atoms with van der Waals surface area (Å²) in [5.74, 6) is -0.0714. The molecule has 1 saturated heterocycles. The van der Waals surface area contributed by atoms with Gasteiger partial charge in [-0.3, -0.25) is 9.69 Å². The van der Waals surface area contributed by atoms with Gasteiger partial charge in [0.25, 0.3) is 5.91 Å². The number of anilines is 1. The maximum absolute atomic E-state index is 12.9. The Morgan fingerprint density at radius 2 is 1.83 bits per heavy atom. The van der Waals surface area contributed by atoms with Crippen LogP contribution in [0.2, 0.25) is 0 Å². The van der Waals surface area contributed by atoms with Crippen LogP contribution in [-0.4, -0.2) is 37.1 Å². The molecule has 1 aliphatic rings. The molecule has 1 atom stereocenters. The second-order valence-corrected chi connectivity index (χ2v) is 9.33. The SMILES string of the molecule is CCc1cc(C(c2ccc(Br)cc2)N2CCOCC2)c(NC(=O)c2ccccc2)s1. The fourth-order valence-corrected chi connectivity index (χ4v) is 5.06. The summed E-state index contributed by atoms with van der Waals surface area (Å²) in [6.45, 7) is 5.34. The Labute approximate surface area is 190 Å². The summed E-state index contributed by atoms with van der Waals surface area (Å²) in [4.78, 5) is 16.6. The van der Waals surface area contributed by atoms with Crippen LogP contribution in [0.1, 0.15) is 39.3 Å². The second-order valence-electron chi connectivity index (χ2n) is 7.27. The Balaban J connectivity index is 1.73. The average Bonchev–Trinajstić information content (AvgIpc) is 3.19. The lowest BCUT2D eigenvalue weighted by Crippen LogP contribution is -2.39. The van der Waals surface area contributed by atoms with Crippen molar-refractivity contribution in [1.29, 1.82) is 0 Å². The van der Waals surface area contributed by atoms with E-state index in [0.29, 0.717) is 5.56 Å². The summed E-state index contributed by atoms with van der Waals surface area (Å²) in [5.41, 5.74) is 3.04. The summed E-state index contributed by atoms with van der Waals surface area (Å²) >= 11 is 5.22. The van der Waals surface area contributed by atoms with E-state index in [9.17, 15) is 4.79 Å². The van der Waals surface area contributed by atoms with Crippen LogP contribution in [0, 0.1) is 0 Å². The lowest BCUT2D eigenvalue weighted by molar-refractivity contribution is 0.0241. The van der Waals surface area contributed by atoms with E-state index in [1.54, 1.807) is 11.3 Å². The molecular weight excluding hydrogens is 460 g/mol.